The van der Waals surface area contributed by atoms with Crippen molar-refractivity contribution in [3.8, 4) is 11.8 Å². The number of Topliss-reactive ketones (excluding diaryl/α,β-unsaturated/α-hetero) is 1. The zero-order valence-electron chi connectivity index (χ0n) is 24.0. The van der Waals surface area contributed by atoms with Gasteiger partial charge in [-0.25, -0.2) is 14.4 Å². The molecule has 0 N–H and O–H groups in total. The highest BCUT2D eigenvalue weighted by atomic mass is 32.1. The highest BCUT2D eigenvalue weighted by molar-refractivity contribution is 7.14. The molecule has 3 aromatic rings. The molecule has 10 heteroatoms. The van der Waals surface area contributed by atoms with Gasteiger partial charge in [0.2, 0.25) is 0 Å². The zero-order chi connectivity index (χ0) is 30.3. The summed E-state index contributed by atoms with van der Waals surface area (Å²) >= 11 is 0.994. The molecule has 0 aliphatic heterocycles. The summed E-state index contributed by atoms with van der Waals surface area (Å²) < 4.78 is 17.3. The number of ketones is 1. The van der Waals surface area contributed by atoms with Gasteiger partial charge in [-0.1, -0.05) is 0 Å². The van der Waals surface area contributed by atoms with Gasteiger partial charge in [0, 0.05) is 28.4 Å². The van der Waals surface area contributed by atoms with Crippen molar-refractivity contribution in [3.05, 3.63) is 79.3 Å². The smallest absolute Gasteiger partial charge is 0.348 e. The molecule has 0 atom stereocenters. The Bertz CT molecular complexity index is 1550. The van der Waals surface area contributed by atoms with E-state index >= 15 is 0 Å². The minimum Gasteiger partial charge on any atom is -0.462 e. The van der Waals surface area contributed by atoms with Gasteiger partial charge in [-0.2, -0.15) is 5.26 Å². The Morgan fingerprint density at radius 1 is 0.902 bits per heavy atom. The Kier molecular flexibility index (Phi) is 10.4. The first-order valence-electron chi connectivity index (χ1n) is 13.2. The Balaban J connectivity index is 1.95. The number of hydrogen-bond acceptors (Lipinski definition) is 9. The molecule has 0 amide bonds. The topological polar surface area (TPSA) is 125 Å². The number of carbonyl (C=O) groups excluding carboxylic acids is 4. The average molecular weight is 577 g/mol. The second-order valence-corrected chi connectivity index (χ2v) is 10.1. The summed E-state index contributed by atoms with van der Waals surface area (Å²) in [7, 11) is 0. The quantitative estimate of drug-likeness (QED) is 0.123. The Hall–Kier alpha value is -4.49. The van der Waals surface area contributed by atoms with E-state index in [1.807, 2.05) is 30.6 Å². The minimum atomic E-state index is -0.639. The van der Waals surface area contributed by atoms with Crippen LogP contribution in [0.25, 0.3) is 11.8 Å². The molecule has 1 aromatic carbocycles. The van der Waals surface area contributed by atoms with E-state index in [-0.39, 0.29) is 42.3 Å². The third-order valence-electron chi connectivity index (χ3n) is 6.31. The number of nitriles is 1. The molecule has 214 valence electrons. The monoisotopic (exact) mass is 576 g/mol. The zero-order valence-corrected chi connectivity index (χ0v) is 24.8. The van der Waals surface area contributed by atoms with Gasteiger partial charge in [-0.05, 0) is 89.1 Å². The molecule has 2 heterocycles. The number of benzene rings is 1. The van der Waals surface area contributed by atoms with Crippen LogP contribution in [0.1, 0.15) is 78.6 Å². The Morgan fingerprint density at radius 2 is 1.49 bits per heavy atom. The highest BCUT2D eigenvalue weighted by Gasteiger charge is 2.28. The fourth-order valence-electron chi connectivity index (χ4n) is 4.42. The highest BCUT2D eigenvalue weighted by Crippen LogP contribution is 2.31. The molecule has 2 aromatic heterocycles. The van der Waals surface area contributed by atoms with Gasteiger partial charge in [-0.15, -0.1) is 11.3 Å². The van der Waals surface area contributed by atoms with Gasteiger partial charge in [0.05, 0.1) is 36.5 Å². The molecule has 0 fully saturated rings. The van der Waals surface area contributed by atoms with Crippen LogP contribution in [0, 0.1) is 32.1 Å². The average Bonchev–Trinajstić information content (AvgIpc) is 3.41. The van der Waals surface area contributed by atoms with Crippen molar-refractivity contribution in [1.29, 1.82) is 5.26 Å². The van der Waals surface area contributed by atoms with Crippen LogP contribution in [0.3, 0.4) is 0 Å². The summed E-state index contributed by atoms with van der Waals surface area (Å²) in [6.45, 7) is 11.0. The Morgan fingerprint density at radius 3 is 2.07 bits per heavy atom. The largest absolute Gasteiger partial charge is 0.462 e. The number of esters is 3. The van der Waals surface area contributed by atoms with Crippen molar-refractivity contribution in [2.75, 3.05) is 19.8 Å². The molecule has 3 rings (SSSR count). The van der Waals surface area contributed by atoms with Crippen molar-refractivity contribution < 1.29 is 33.4 Å². The van der Waals surface area contributed by atoms with Gasteiger partial charge >= 0.3 is 17.9 Å². The van der Waals surface area contributed by atoms with Crippen molar-refractivity contribution in [2.24, 2.45) is 0 Å². The normalized spacial score (nSPS) is 11.1. The predicted molar refractivity (Wildman–Crippen MR) is 154 cm³/mol. The number of carbonyl (C=O) groups is 4. The molecule has 0 aliphatic rings. The predicted octanol–water partition coefficient (Wildman–Crippen LogP) is 5.71. The number of aryl methyl sites for hydroxylation is 1. The van der Waals surface area contributed by atoms with E-state index in [2.05, 4.69) is 0 Å². The van der Waals surface area contributed by atoms with E-state index in [0.29, 0.717) is 21.6 Å². The molecule has 0 saturated carbocycles. The lowest BCUT2D eigenvalue weighted by Gasteiger charge is -2.10. The SMILES string of the molecule is CCOC(=O)c1ccc(-n2c(C)cc(/C=C(\C#N)C(=O)Cc3sc(C(=O)OCC)c(C)c3C(=O)OCC)c2C)cc1. The molecule has 41 heavy (non-hydrogen) atoms. The van der Waals surface area contributed by atoms with Gasteiger partial charge in [0.25, 0.3) is 0 Å². The van der Waals surface area contributed by atoms with Crippen molar-refractivity contribution in [1.82, 2.24) is 4.57 Å². The summed E-state index contributed by atoms with van der Waals surface area (Å²) in [5.41, 5.74) is 3.99. The molecule has 0 saturated heterocycles. The maximum absolute atomic E-state index is 13.3. The minimum absolute atomic E-state index is 0.0959. The van der Waals surface area contributed by atoms with Crippen LogP contribution in [0.4, 0.5) is 0 Å². The number of aromatic nitrogens is 1. The number of nitrogens with zero attached hydrogens (tertiary/aromatic N) is 2. The molecule has 0 bridgehead atoms. The van der Waals surface area contributed by atoms with E-state index in [1.165, 1.54) is 6.08 Å². The van der Waals surface area contributed by atoms with Gasteiger partial charge < -0.3 is 18.8 Å². The first-order chi connectivity index (χ1) is 19.6. The van der Waals surface area contributed by atoms with Gasteiger partial charge in [0.15, 0.2) is 5.78 Å². The molecule has 0 unspecified atom stereocenters. The molecule has 0 radical (unpaired) electrons. The van der Waals surface area contributed by atoms with Crippen molar-refractivity contribution in [3.63, 3.8) is 0 Å². The number of ether oxygens (including phenoxy) is 3. The lowest BCUT2D eigenvalue weighted by molar-refractivity contribution is -0.114. The first-order valence-corrected chi connectivity index (χ1v) is 14.0. The fraction of sp³-hybridized carbons (Fsp3) is 0.323. The number of thiophene rings is 1. The molecule has 9 nitrogen and oxygen atoms in total. The van der Waals surface area contributed by atoms with Crippen LogP contribution in [-0.2, 0) is 25.4 Å². The van der Waals surface area contributed by atoms with E-state index in [1.54, 1.807) is 52.0 Å². The number of hydrogen-bond donors (Lipinski definition) is 0. The van der Waals surface area contributed by atoms with E-state index < -0.39 is 23.7 Å². The van der Waals surface area contributed by atoms with Crippen LogP contribution >= 0.6 is 11.3 Å². The van der Waals surface area contributed by atoms with Crippen LogP contribution < -0.4 is 0 Å². The number of allylic oxidation sites excluding steroid dienone is 1. The fourth-order valence-corrected chi connectivity index (χ4v) is 5.61. The molecular formula is C31H32N2O7S. The van der Waals surface area contributed by atoms with Gasteiger partial charge in [-0.3, -0.25) is 4.79 Å². The van der Waals surface area contributed by atoms with Crippen LogP contribution in [0.5, 0.6) is 0 Å². The molecular weight excluding hydrogens is 544 g/mol. The van der Waals surface area contributed by atoms with Crippen molar-refractivity contribution >= 4 is 41.1 Å². The second kappa shape index (κ2) is 13.7. The third-order valence-corrected chi connectivity index (χ3v) is 7.58. The van der Waals surface area contributed by atoms with Crippen molar-refractivity contribution in [2.45, 2.75) is 48.0 Å². The summed E-state index contributed by atoms with van der Waals surface area (Å²) in [4.78, 5) is 51.1. The van der Waals surface area contributed by atoms with E-state index in [4.69, 9.17) is 14.2 Å². The maximum Gasteiger partial charge on any atom is 0.348 e. The van der Waals surface area contributed by atoms with Crippen LogP contribution in [-0.4, -0.2) is 48.1 Å². The second-order valence-electron chi connectivity index (χ2n) is 8.99. The summed E-state index contributed by atoms with van der Waals surface area (Å²) in [5, 5.41) is 9.87. The number of rotatable bonds is 11. The summed E-state index contributed by atoms with van der Waals surface area (Å²) in [6, 6.07) is 10.8. The van der Waals surface area contributed by atoms with E-state index in [9.17, 15) is 24.4 Å². The third kappa shape index (κ3) is 6.81. The Labute approximate surface area is 242 Å². The maximum atomic E-state index is 13.3. The summed E-state index contributed by atoms with van der Waals surface area (Å²) in [5.74, 6) is -2.13. The van der Waals surface area contributed by atoms with Gasteiger partial charge in [0.1, 0.15) is 10.9 Å². The molecule has 0 aliphatic carbocycles. The molecule has 0 spiro atoms. The van der Waals surface area contributed by atoms with Crippen LogP contribution in [0.15, 0.2) is 35.9 Å². The lowest BCUT2D eigenvalue weighted by atomic mass is 10.0. The first kappa shape index (κ1) is 31.0. The lowest BCUT2D eigenvalue weighted by Crippen LogP contribution is -2.12. The standard InChI is InChI=1S/C31H32N2O7S/c1-7-38-29(35)21-10-12-24(13-11-21)33-18(4)14-22(20(33)6)15-23(17-32)25(34)16-26-27(30(36)39-8-2)19(5)28(41-26)31(37)40-9-3/h10-15H,7-9,16H2,1-6H3/b23-15+. The summed E-state index contributed by atoms with van der Waals surface area (Å²) in [6.07, 6.45) is 1.26. The van der Waals surface area contributed by atoms with E-state index in [0.717, 1.165) is 28.4 Å². The van der Waals surface area contributed by atoms with Crippen LogP contribution in [0.2, 0.25) is 0 Å².